The summed E-state index contributed by atoms with van der Waals surface area (Å²) in [7, 11) is 0. The zero-order chi connectivity index (χ0) is 11.5. The molecule has 3 nitrogen and oxygen atoms in total. The van der Waals surface area contributed by atoms with Crippen LogP contribution in [0.5, 0.6) is 0 Å². The molecule has 0 saturated carbocycles. The van der Waals surface area contributed by atoms with Crippen molar-refractivity contribution in [2.45, 2.75) is 6.92 Å². The van der Waals surface area contributed by atoms with E-state index in [4.69, 9.17) is 11.6 Å². The summed E-state index contributed by atoms with van der Waals surface area (Å²) in [5.74, 6) is -0.198. The zero-order valence-electron chi connectivity index (χ0n) is 8.64. The molecule has 2 rings (SSSR count). The number of halogens is 1. The van der Waals surface area contributed by atoms with Crippen molar-refractivity contribution in [2.75, 3.05) is 0 Å². The van der Waals surface area contributed by atoms with Crippen LogP contribution in [0.3, 0.4) is 0 Å². The smallest absolute Gasteiger partial charge is 0.214 e. The Balaban J connectivity index is 2.48. The number of carbonyl (C=O) groups is 1. The lowest BCUT2D eigenvalue weighted by Gasteiger charge is -2.04. The number of nitrogens with zero attached hydrogens (tertiary/aromatic N) is 2. The second-order valence-electron chi connectivity index (χ2n) is 3.35. The number of hydrogen-bond acceptors (Lipinski definition) is 3. The van der Waals surface area contributed by atoms with E-state index in [1.54, 1.807) is 30.6 Å². The Morgan fingerprint density at radius 2 is 2.12 bits per heavy atom. The Bertz CT molecular complexity index is 493. The Labute approximate surface area is 98.1 Å². The third-order valence-corrected chi connectivity index (χ3v) is 2.56. The van der Waals surface area contributed by atoms with Gasteiger partial charge < -0.3 is 0 Å². The van der Waals surface area contributed by atoms with Crippen molar-refractivity contribution in [3.8, 4) is 0 Å². The molecule has 2 heterocycles. The largest absolute Gasteiger partial charge is 0.287 e. The maximum atomic E-state index is 12.1. The van der Waals surface area contributed by atoms with Gasteiger partial charge in [-0.3, -0.25) is 14.8 Å². The third-order valence-electron chi connectivity index (χ3n) is 2.26. The van der Waals surface area contributed by atoms with Crippen LogP contribution < -0.4 is 0 Å². The van der Waals surface area contributed by atoms with Gasteiger partial charge in [-0.25, -0.2) is 0 Å². The summed E-state index contributed by atoms with van der Waals surface area (Å²) in [6, 6.07) is 5.12. The Morgan fingerprint density at radius 1 is 1.31 bits per heavy atom. The molecular formula is C12H9ClN2O. The number of pyridine rings is 2. The molecule has 0 bridgehead atoms. The first-order chi connectivity index (χ1) is 7.70. The van der Waals surface area contributed by atoms with Crippen LogP contribution in [0.15, 0.2) is 36.8 Å². The van der Waals surface area contributed by atoms with Crippen molar-refractivity contribution in [1.29, 1.82) is 0 Å². The van der Waals surface area contributed by atoms with Crippen molar-refractivity contribution >= 4 is 17.4 Å². The lowest BCUT2D eigenvalue weighted by molar-refractivity contribution is 0.103. The lowest BCUT2D eigenvalue weighted by atomic mass is 10.1. The van der Waals surface area contributed by atoms with Gasteiger partial charge in [0.1, 0.15) is 5.69 Å². The average molecular weight is 233 g/mol. The number of hydrogen-bond donors (Lipinski definition) is 0. The molecule has 0 radical (unpaired) electrons. The van der Waals surface area contributed by atoms with E-state index in [-0.39, 0.29) is 11.5 Å². The van der Waals surface area contributed by atoms with Gasteiger partial charge in [-0.2, -0.15) is 0 Å². The molecule has 0 fully saturated rings. The van der Waals surface area contributed by atoms with Crippen molar-refractivity contribution in [1.82, 2.24) is 9.97 Å². The Hall–Kier alpha value is -1.74. The van der Waals surface area contributed by atoms with E-state index in [0.717, 1.165) is 5.56 Å². The molecule has 0 aliphatic rings. The SMILES string of the molecule is Cc1ccncc1C(=O)c1ncccc1Cl. The lowest BCUT2D eigenvalue weighted by Crippen LogP contribution is -2.07. The molecule has 0 aliphatic heterocycles. The molecule has 16 heavy (non-hydrogen) atoms. The van der Waals surface area contributed by atoms with E-state index >= 15 is 0 Å². The average Bonchev–Trinajstić information content (AvgIpc) is 2.29. The molecule has 0 unspecified atom stereocenters. The number of aromatic nitrogens is 2. The quantitative estimate of drug-likeness (QED) is 0.748. The van der Waals surface area contributed by atoms with E-state index in [9.17, 15) is 4.79 Å². The highest BCUT2D eigenvalue weighted by molar-refractivity contribution is 6.34. The number of ketones is 1. The number of carbonyl (C=O) groups excluding carboxylic acids is 1. The van der Waals surface area contributed by atoms with Crippen LogP contribution in [0.4, 0.5) is 0 Å². The maximum absolute atomic E-state index is 12.1. The van der Waals surface area contributed by atoms with Crippen LogP contribution in [-0.2, 0) is 0 Å². The monoisotopic (exact) mass is 232 g/mol. The normalized spacial score (nSPS) is 10.1. The van der Waals surface area contributed by atoms with Gasteiger partial charge >= 0.3 is 0 Å². The molecule has 80 valence electrons. The summed E-state index contributed by atoms with van der Waals surface area (Å²) < 4.78 is 0. The van der Waals surface area contributed by atoms with Gasteiger partial charge in [-0.15, -0.1) is 0 Å². The molecule has 0 aliphatic carbocycles. The van der Waals surface area contributed by atoms with Gasteiger partial charge in [-0.1, -0.05) is 11.6 Å². The predicted molar refractivity (Wildman–Crippen MR) is 61.7 cm³/mol. The van der Waals surface area contributed by atoms with Crippen LogP contribution in [0.2, 0.25) is 5.02 Å². The third kappa shape index (κ3) is 1.95. The van der Waals surface area contributed by atoms with Crippen molar-refractivity contribution in [3.05, 3.63) is 58.6 Å². The minimum absolute atomic E-state index is 0.198. The summed E-state index contributed by atoms with van der Waals surface area (Å²) in [6.07, 6.45) is 4.72. The molecule has 0 N–H and O–H groups in total. The fourth-order valence-corrected chi connectivity index (χ4v) is 1.59. The van der Waals surface area contributed by atoms with Crippen molar-refractivity contribution < 1.29 is 4.79 Å². The first kappa shape index (κ1) is 10.8. The molecule has 4 heteroatoms. The topological polar surface area (TPSA) is 42.9 Å². The standard InChI is InChI=1S/C12H9ClN2O/c1-8-4-6-14-7-9(8)12(16)11-10(13)3-2-5-15-11/h2-7H,1H3. The highest BCUT2D eigenvalue weighted by Gasteiger charge is 2.15. The van der Waals surface area contributed by atoms with E-state index in [1.807, 2.05) is 6.92 Å². The predicted octanol–water partition coefficient (Wildman–Crippen LogP) is 2.67. The van der Waals surface area contributed by atoms with Crippen LogP contribution in [0.1, 0.15) is 21.6 Å². The van der Waals surface area contributed by atoms with Crippen LogP contribution in [0, 0.1) is 6.92 Å². The van der Waals surface area contributed by atoms with E-state index < -0.39 is 0 Å². The van der Waals surface area contributed by atoms with Gasteiger partial charge in [0.05, 0.1) is 5.02 Å². The van der Waals surface area contributed by atoms with Gasteiger partial charge in [0, 0.05) is 24.2 Å². The summed E-state index contributed by atoms with van der Waals surface area (Å²) in [4.78, 5) is 20.0. The van der Waals surface area contributed by atoms with E-state index in [2.05, 4.69) is 9.97 Å². The fraction of sp³-hybridized carbons (Fsp3) is 0.0833. The van der Waals surface area contributed by atoms with Crippen LogP contribution in [0.25, 0.3) is 0 Å². The molecule has 0 aromatic carbocycles. The Kier molecular flexibility index (Phi) is 2.97. The second kappa shape index (κ2) is 4.41. The molecule has 0 atom stereocenters. The summed E-state index contributed by atoms with van der Waals surface area (Å²) in [5.41, 5.74) is 1.66. The van der Waals surface area contributed by atoms with Crippen LogP contribution >= 0.6 is 11.6 Å². The fourth-order valence-electron chi connectivity index (χ4n) is 1.38. The van der Waals surface area contributed by atoms with E-state index in [0.29, 0.717) is 10.6 Å². The van der Waals surface area contributed by atoms with Crippen molar-refractivity contribution in [2.24, 2.45) is 0 Å². The highest BCUT2D eigenvalue weighted by Crippen LogP contribution is 2.17. The first-order valence-electron chi connectivity index (χ1n) is 4.76. The van der Waals surface area contributed by atoms with Gasteiger partial charge in [0.2, 0.25) is 5.78 Å². The van der Waals surface area contributed by atoms with Gasteiger partial charge in [0.15, 0.2) is 0 Å². The van der Waals surface area contributed by atoms with Gasteiger partial charge in [0.25, 0.3) is 0 Å². The highest BCUT2D eigenvalue weighted by atomic mass is 35.5. The minimum atomic E-state index is -0.198. The molecule has 2 aromatic rings. The number of rotatable bonds is 2. The summed E-state index contributed by atoms with van der Waals surface area (Å²) >= 11 is 5.92. The second-order valence-corrected chi connectivity index (χ2v) is 3.76. The molecule has 2 aromatic heterocycles. The molecule has 0 spiro atoms. The molecule has 0 saturated heterocycles. The Morgan fingerprint density at radius 3 is 2.81 bits per heavy atom. The van der Waals surface area contributed by atoms with E-state index in [1.165, 1.54) is 6.20 Å². The van der Waals surface area contributed by atoms with Crippen molar-refractivity contribution in [3.63, 3.8) is 0 Å². The number of aryl methyl sites for hydroxylation is 1. The summed E-state index contributed by atoms with van der Waals surface area (Å²) in [5, 5.41) is 0.357. The molecular weight excluding hydrogens is 224 g/mol. The van der Waals surface area contributed by atoms with Gasteiger partial charge in [-0.05, 0) is 30.7 Å². The first-order valence-corrected chi connectivity index (χ1v) is 5.14. The zero-order valence-corrected chi connectivity index (χ0v) is 9.40. The van der Waals surface area contributed by atoms with Crippen LogP contribution in [-0.4, -0.2) is 15.8 Å². The minimum Gasteiger partial charge on any atom is -0.287 e. The summed E-state index contributed by atoms with van der Waals surface area (Å²) in [6.45, 7) is 1.85. The maximum Gasteiger partial charge on any atom is 0.214 e. The molecule has 0 amide bonds.